The quantitative estimate of drug-likeness (QED) is 0.689. The SMILES string of the molecule is CC(Nc1ccc(Cl)cc1I)c1cccc(F)c1F. The maximum absolute atomic E-state index is 13.7. The second-order valence-corrected chi connectivity index (χ2v) is 5.73. The van der Waals surface area contributed by atoms with Crippen LogP contribution in [0.5, 0.6) is 0 Å². The Morgan fingerprint density at radius 1 is 1.21 bits per heavy atom. The standard InChI is InChI=1S/C14H11ClF2IN/c1-8(10-3-2-4-11(16)14(10)17)19-13-6-5-9(15)7-12(13)18/h2-8,19H,1H3. The van der Waals surface area contributed by atoms with E-state index in [1.54, 1.807) is 25.1 Å². The van der Waals surface area contributed by atoms with E-state index < -0.39 is 11.6 Å². The number of anilines is 1. The van der Waals surface area contributed by atoms with Gasteiger partial charge in [-0.15, -0.1) is 0 Å². The summed E-state index contributed by atoms with van der Waals surface area (Å²) in [5, 5.41) is 3.79. The summed E-state index contributed by atoms with van der Waals surface area (Å²) in [7, 11) is 0. The van der Waals surface area contributed by atoms with Crippen molar-refractivity contribution in [2.75, 3.05) is 5.32 Å². The highest BCUT2D eigenvalue weighted by Crippen LogP contribution is 2.27. The summed E-state index contributed by atoms with van der Waals surface area (Å²) >= 11 is 8.01. The number of hydrogen-bond acceptors (Lipinski definition) is 1. The fourth-order valence-electron chi connectivity index (χ4n) is 1.77. The van der Waals surface area contributed by atoms with Crippen LogP contribution < -0.4 is 5.32 Å². The molecule has 0 bridgehead atoms. The van der Waals surface area contributed by atoms with Crippen molar-refractivity contribution >= 4 is 39.9 Å². The molecule has 0 saturated carbocycles. The van der Waals surface area contributed by atoms with Crippen LogP contribution in [0.4, 0.5) is 14.5 Å². The molecule has 0 radical (unpaired) electrons. The fourth-order valence-corrected chi connectivity index (χ4v) is 2.80. The third-order valence-corrected chi connectivity index (χ3v) is 3.88. The Balaban J connectivity index is 2.25. The summed E-state index contributed by atoms with van der Waals surface area (Å²) in [5.74, 6) is -1.65. The highest BCUT2D eigenvalue weighted by Gasteiger charge is 2.14. The minimum atomic E-state index is -0.836. The summed E-state index contributed by atoms with van der Waals surface area (Å²) < 4.78 is 27.8. The Bertz CT molecular complexity index is 604. The molecule has 19 heavy (non-hydrogen) atoms. The monoisotopic (exact) mass is 393 g/mol. The number of nitrogens with one attached hydrogen (secondary N) is 1. The minimum Gasteiger partial charge on any atom is -0.378 e. The van der Waals surface area contributed by atoms with Crippen LogP contribution in [0, 0.1) is 15.2 Å². The van der Waals surface area contributed by atoms with Crippen LogP contribution in [0.3, 0.4) is 0 Å². The summed E-state index contributed by atoms with van der Waals surface area (Å²) in [5.41, 5.74) is 1.13. The first-order valence-electron chi connectivity index (χ1n) is 5.64. The van der Waals surface area contributed by atoms with Crippen LogP contribution in [0.1, 0.15) is 18.5 Å². The molecule has 0 spiro atoms. The molecule has 0 heterocycles. The van der Waals surface area contributed by atoms with Crippen LogP contribution in [-0.2, 0) is 0 Å². The van der Waals surface area contributed by atoms with Crippen molar-refractivity contribution in [2.45, 2.75) is 13.0 Å². The third kappa shape index (κ3) is 3.36. The molecule has 2 aromatic rings. The molecule has 1 nitrogen and oxygen atoms in total. The molecule has 0 amide bonds. The van der Waals surface area contributed by atoms with E-state index >= 15 is 0 Å². The van der Waals surface area contributed by atoms with Gasteiger partial charge in [0, 0.05) is 19.8 Å². The van der Waals surface area contributed by atoms with E-state index in [-0.39, 0.29) is 6.04 Å². The Kier molecular flexibility index (Phi) is 4.62. The molecule has 0 aliphatic heterocycles. The van der Waals surface area contributed by atoms with Gasteiger partial charge in [0.15, 0.2) is 11.6 Å². The zero-order valence-corrected chi connectivity index (χ0v) is 13.0. The van der Waals surface area contributed by atoms with E-state index in [9.17, 15) is 8.78 Å². The van der Waals surface area contributed by atoms with Gasteiger partial charge in [0.1, 0.15) is 0 Å². The van der Waals surface area contributed by atoms with Crippen LogP contribution in [-0.4, -0.2) is 0 Å². The fraction of sp³-hybridized carbons (Fsp3) is 0.143. The zero-order valence-electron chi connectivity index (χ0n) is 10.1. The number of halogens is 4. The van der Waals surface area contributed by atoms with E-state index in [0.717, 1.165) is 15.3 Å². The molecule has 5 heteroatoms. The Morgan fingerprint density at radius 2 is 1.95 bits per heavy atom. The zero-order chi connectivity index (χ0) is 14.0. The average molecular weight is 394 g/mol. The molecule has 1 unspecified atom stereocenters. The van der Waals surface area contributed by atoms with Gasteiger partial charge in [-0.1, -0.05) is 23.7 Å². The third-order valence-electron chi connectivity index (χ3n) is 2.75. The van der Waals surface area contributed by atoms with E-state index in [4.69, 9.17) is 11.6 Å². The van der Waals surface area contributed by atoms with E-state index in [2.05, 4.69) is 27.9 Å². The van der Waals surface area contributed by atoms with E-state index in [0.29, 0.717) is 10.6 Å². The first kappa shape index (κ1) is 14.5. The lowest BCUT2D eigenvalue weighted by Gasteiger charge is -2.17. The number of rotatable bonds is 3. The molecule has 0 aliphatic rings. The van der Waals surface area contributed by atoms with E-state index in [1.165, 1.54) is 6.07 Å². The molecule has 0 saturated heterocycles. The molecule has 1 atom stereocenters. The summed E-state index contributed by atoms with van der Waals surface area (Å²) in [6.45, 7) is 1.78. The molecular formula is C14H11ClF2IN. The molecular weight excluding hydrogens is 383 g/mol. The second-order valence-electron chi connectivity index (χ2n) is 4.13. The normalized spacial score (nSPS) is 12.3. The molecule has 0 aromatic heterocycles. The first-order valence-corrected chi connectivity index (χ1v) is 7.10. The maximum atomic E-state index is 13.7. The highest BCUT2D eigenvalue weighted by atomic mass is 127. The maximum Gasteiger partial charge on any atom is 0.164 e. The van der Waals surface area contributed by atoms with Gasteiger partial charge < -0.3 is 5.32 Å². The van der Waals surface area contributed by atoms with Gasteiger partial charge in [0.25, 0.3) is 0 Å². The van der Waals surface area contributed by atoms with Crippen LogP contribution in [0.2, 0.25) is 5.02 Å². The van der Waals surface area contributed by atoms with Gasteiger partial charge >= 0.3 is 0 Å². The summed E-state index contributed by atoms with van der Waals surface area (Å²) in [6.07, 6.45) is 0. The van der Waals surface area contributed by atoms with Crippen molar-refractivity contribution in [3.8, 4) is 0 Å². The van der Waals surface area contributed by atoms with Gasteiger partial charge in [-0.25, -0.2) is 8.78 Å². The second kappa shape index (κ2) is 6.05. The molecule has 1 N–H and O–H groups in total. The minimum absolute atomic E-state index is 0.297. The average Bonchev–Trinajstić information content (AvgIpc) is 2.36. The van der Waals surface area contributed by atoms with Crippen molar-refractivity contribution in [1.29, 1.82) is 0 Å². The molecule has 100 valence electrons. The predicted octanol–water partition coefficient (Wildman–Crippen LogP) is 5.40. The van der Waals surface area contributed by atoms with Crippen molar-refractivity contribution in [2.24, 2.45) is 0 Å². The largest absolute Gasteiger partial charge is 0.378 e. The van der Waals surface area contributed by atoms with Gasteiger partial charge in [-0.3, -0.25) is 0 Å². The molecule has 0 fully saturated rings. The van der Waals surface area contributed by atoms with Gasteiger partial charge in [0.05, 0.1) is 6.04 Å². The molecule has 2 aromatic carbocycles. The van der Waals surface area contributed by atoms with Crippen LogP contribution >= 0.6 is 34.2 Å². The van der Waals surface area contributed by atoms with Gasteiger partial charge in [0.2, 0.25) is 0 Å². The van der Waals surface area contributed by atoms with Crippen molar-refractivity contribution in [1.82, 2.24) is 0 Å². The van der Waals surface area contributed by atoms with Gasteiger partial charge in [-0.05, 0) is 53.8 Å². The van der Waals surface area contributed by atoms with Crippen molar-refractivity contribution in [3.05, 3.63) is 62.2 Å². The highest BCUT2D eigenvalue weighted by molar-refractivity contribution is 14.1. The first-order chi connectivity index (χ1) is 8.99. The van der Waals surface area contributed by atoms with Gasteiger partial charge in [-0.2, -0.15) is 0 Å². The Hall–Kier alpha value is -0.880. The lowest BCUT2D eigenvalue weighted by molar-refractivity contribution is 0.494. The smallest absolute Gasteiger partial charge is 0.164 e. The number of benzene rings is 2. The molecule has 0 aliphatic carbocycles. The Labute approximate surface area is 129 Å². The Morgan fingerprint density at radius 3 is 2.63 bits per heavy atom. The number of hydrogen-bond donors (Lipinski definition) is 1. The summed E-state index contributed by atoms with van der Waals surface area (Å²) in [4.78, 5) is 0. The van der Waals surface area contributed by atoms with Crippen molar-refractivity contribution in [3.63, 3.8) is 0 Å². The molecule has 2 rings (SSSR count). The predicted molar refractivity (Wildman–Crippen MR) is 82.6 cm³/mol. The lowest BCUT2D eigenvalue weighted by atomic mass is 10.1. The van der Waals surface area contributed by atoms with E-state index in [1.807, 2.05) is 6.07 Å². The van der Waals surface area contributed by atoms with Crippen LogP contribution in [0.25, 0.3) is 0 Å². The topological polar surface area (TPSA) is 12.0 Å². The van der Waals surface area contributed by atoms with Crippen molar-refractivity contribution < 1.29 is 8.78 Å². The lowest BCUT2D eigenvalue weighted by Crippen LogP contribution is -2.10. The van der Waals surface area contributed by atoms with Crippen LogP contribution in [0.15, 0.2) is 36.4 Å². The summed E-state index contributed by atoms with van der Waals surface area (Å²) in [6, 6.07) is 9.21.